The number of halogens is 1. The molecule has 0 bridgehead atoms. The minimum atomic E-state index is -0.429. The molecule has 0 aromatic heterocycles. The van der Waals surface area contributed by atoms with Crippen molar-refractivity contribution in [2.75, 3.05) is 7.11 Å². The zero-order valence-corrected chi connectivity index (χ0v) is 14.1. The van der Waals surface area contributed by atoms with Gasteiger partial charge in [0.1, 0.15) is 11.9 Å². The summed E-state index contributed by atoms with van der Waals surface area (Å²) in [6.45, 7) is 4.27. The van der Waals surface area contributed by atoms with Gasteiger partial charge >= 0.3 is 5.69 Å². The first kappa shape index (κ1) is 16.1. The van der Waals surface area contributed by atoms with Crippen LogP contribution in [0, 0.1) is 15.5 Å². The number of nitrogens with zero attached hydrogens (tertiary/aromatic N) is 1. The lowest BCUT2D eigenvalue weighted by atomic mass is 9.62. The number of nitro benzene ring substituents is 1. The van der Waals surface area contributed by atoms with Crippen LogP contribution in [-0.4, -0.2) is 23.0 Å². The van der Waals surface area contributed by atoms with Gasteiger partial charge in [0.2, 0.25) is 0 Å². The molecule has 1 fully saturated rings. The molecule has 1 saturated carbocycles. The van der Waals surface area contributed by atoms with Gasteiger partial charge in [-0.3, -0.25) is 10.1 Å². The number of hydrogen-bond acceptors (Lipinski definition) is 4. The summed E-state index contributed by atoms with van der Waals surface area (Å²) in [6, 6.07) is 4.71. The summed E-state index contributed by atoms with van der Waals surface area (Å²) >= 11 is 3.69. The molecule has 1 aliphatic carbocycles. The maximum absolute atomic E-state index is 11.2. The van der Waals surface area contributed by atoms with Crippen molar-refractivity contribution in [1.29, 1.82) is 0 Å². The smallest absolute Gasteiger partial charge is 0.314 e. The summed E-state index contributed by atoms with van der Waals surface area (Å²) in [5, 5.41) is 11.2. The molecule has 1 aliphatic rings. The van der Waals surface area contributed by atoms with E-state index in [1.54, 1.807) is 12.1 Å². The monoisotopic (exact) mass is 357 g/mol. The number of rotatable bonds is 6. The lowest BCUT2D eigenvalue weighted by Crippen LogP contribution is -2.56. The highest BCUT2D eigenvalue weighted by Crippen LogP contribution is 2.53. The van der Waals surface area contributed by atoms with E-state index in [0.29, 0.717) is 16.3 Å². The van der Waals surface area contributed by atoms with Crippen LogP contribution in [0.5, 0.6) is 11.5 Å². The minimum absolute atomic E-state index is 0.00368. The molecule has 0 saturated heterocycles. The second-order valence-electron chi connectivity index (χ2n) is 5.34. The average molecular weight is 358 g/mol. The van der Waals surface area contributed by atoms with Crippen LogP contribution < -0.4 is 9.47 Å². The SMILES string of the molecule is CCC1(CC)C(Br)CC1Oc1ccc(OC)cc1[N+](=O)[O-]. The molecule has 2 unspecified atom stereocenters. The Hall–Kier alpha value is -1.30. The Morgan fingerprint density at radius 2 is 2.10 bits per heavy atom. The second-order valence-corrected chi connectivity index (χ2v) is 6.45. The van der Waals surface area contributed by atoms with Gasteiger partial charge in [-0.05, 0) is 31.4 Å². The molecule has 21 heavy (non-hydrogen) atoms. The Morgan fingerprint density at radius 3 is 2.57 bits per heavy atom. The Morgan fingerprint density at radius 1 is 1.43 bits per heavy atom. The first-order chi connectivity index (χ1) is 9.98. The predicted molar refractivity (Wildman–Crippen MR) is 84.4 cm³/mol. The molecule has 0 N–H and O–H groups in total. The van der Waals surface area contributed by atoms with Crippen molar-refractivity contribution in [3.8, 4) is 11.5 Å². The van der Waals surface area contributed by atoms with Crippen LogP contribution in [0.4, 0.5) is 5.69 Å². The predicted octanol–water partition coefficient (Wildman–Crippen LogP) is 4.32. The Kier molecular flexibility index (Phi) is 4.76. The molecule has 0 spiro atoms. The maximum atomic E-state index is 11.2. The number of alkyl halides is 1. The van der Waals surface area contributed by atoms with Crippen LogP contribution in [0.15, 0.2) is 18.2 Å². The van der Waals surface area contributed by atoms with Crippen molar-refractivity contribution < 1.29 is 14.4 Å². The van der Waals surface area contributed by atoms with Crippen LogP contribution in [-0.2, 0) is 0 Å². The highest BCUT2D eigenvalue weighted by atomic mass is 79.9. The van der Waals surface area contributed by atoms with Gasteiger partial charge in [0, 0.05) is 10.2 Å². The van der Waals surface area contributed by atoms with E-state index in [9.17, 15) is 10.1 Å². The van der Waals surface area contributed by atoms with E-state index in [1.807, 2.05) is 0 Å². The van der Waals surface area contributed by atoms with Gasteiger partial charge < -0.3 is 9.47 Å². The molecule has 0 amide bonds. The van der Waals surface area contributed by atoms with Crippen LogP contribution in [0.3, 0.4) is 0 Å². The Labute approximate surface area is 132 Å². The molecule has 0 radical (unpaired) electrons. The van der Waals surface area contributed by atoms with Gasteiger partial charge in [-0.25, -0.2) is 0 Å². The van der Waals surface area contributed by atoms with Gasteiger partial charge in [0.05, 0.1) is 18.1 Å². The number of ether oxygens (including phenoxy) is 2. The molecule has 1 aromatic carbocycles. The summed E-state index contributed by atoms with van der Waals surface area (Å²) in [5.74, 6) is 0.773. The lowest BCUT2D eigenvalue weighted by Gasteiger charge is -2.52. The lowest BCUT2D eigenvalue weighted by molar-refractivity contribution is -0.386. The van der Waals surface area contributed by atoms with Crippen LogP contribution in [0.1, 0.15) is 33.1 Å². The Bertz CT molecular complexity index is 530. The summed E-state index contributed by atoms with van der Waals surface area (Å²) in [4.78, 5) is 11.2. The zero-order valence-electron chi connectivity index (χ0n) is 12.5. The average Bonchev–Trinajstić information content (AvgIpc) is 2.48. The van der Waals surface area contributed by atoms with Crippen molar-refractivity contribution in [3.05, 3.63) is 28.3 Å². The zero-order chi connectivity index (χ0) is 15.6. The molecule has 2 atom stereocenters. The standard InChI is InChI=1S/C15H20BrNO4/c1-4-15(5-2)13(16)9-14(15)21-12-7-6-10(20-3)8-11(12)17(18)19/h6-8,13-14H,4-5,9H2,1-3H3. The number of benzene rings is 1. The van der Waals surface area contributed by atoms with Crippen LogP contribution in [0.2, 0.25) is 0 Å². The largest absolute Gasteiger partial charge is 0.496 e. The van der Waals surface area contributed by atoms with E-state index in [1.165, 1.54) is 13.2 Å². The van der Waals surface area contributed by atoms with Gasteiger partial charge in [-0.2, -0.15) is 0 Å². The molecule has 116 valence electrons. The highest BCUT2D eigenvalue weighted by Gasteiger charge is 2.53. The molecular formula is C15H20BrNO4. The fourth-order valence-electron chi connectivity index (χ4n) is 3.03. The van der Waals surface area contributed by atoms with E-state index >= 15 is 0 Å². The Balaban J connectivity index is 2.26. The van der Waals surface area contributed by atoms with Gasteiger partial charge in [-0.15, -0.1) is 0 Å². The van der Waals surface area contributed by atoms with Gasteiger partial charge in [0.15, 0.2) is 5.75 Å². The van der Waals surface area contributed by atoms with Gasteiger partial charge in [-0.1, -0.05) is 29.8 Å². The summed E-state index contributed by atoms with van der Waals surface area (Å²) in [6.07, 6.45) is 2.83. The van der Waals surface area contributed by atoms with Crippen LogP contribution >= 0.6 is 15.9 Å². The second kappa shape index (κ2) is 6.22. The fraction of sp³-hybridized carbons (Fsp3) is 0.600. The number of nitro groups is 1. The van der Waals surface area contributed by atoms with E-state index in [4.69, 9.17) is 9.47 Å². The molecule has 0 aliphatic heterocycles. The minimum Gasteiger partial charge on any atom is -0.496 e. The molecule has 6 heteroatoms. The van der Waals surface area contributed by atoms with E-state index in [-0.39, 0.29) is 17.2 Å². The van der Waals surface area contributed by atoms with Crippen LogP contribution in [0.25, 0.3) is 0 Å². The summed E-state index contributed by atoms with van der Waals surface area (Å²) in [5.41, 5.74) is 0.00170. The number of hydrogen-bond donors (Lipinski definition) is 0. The third-order valence-corrected chi connectivity index (χ3v) is 5.92. The normalized spacial score (nSPS) is 23.2. The van der Waals surface area contributed by atoms with Crippen molar-refractivity contribution in [2.24, 2.45) is 5.41 Å². The van der Waals surface area contributed by atoms with E-state index in [2.05, 4.69) is 29.8 Å². The van der Waals surface area contributed by atoms with E-state index in [0.717, 1.165) is 19.3 Å². The van der Waals surface area contributed by atoms with Crippen molar-refractivity contribution in [2.45, 2.75) is 44.0 Å². The third-order valence-electron chi connectivity index (χ3n) is 4.63. The van der Waals surface area contributed by atoms with Gasteiger partial charge in [0.25, 0.3) is 0 Å². The quantitative estimate of drug-likeness (QED) is 0.432. The van der Waals surface area contributed by atoms with E-state index < -0.39 is 4.92 Å². The molecule has 1 aromatic rings. The number of methoxy groups -OCH3 is 1. The first-order valence-corrected chi connectivity index (χ1v) is 8.03. The van der Waals surface area contributed by atoms with Crippen molar-refractivity contribution in [1.82, 2.24) is 0 Å². The molecule has 5 nitrogen and oxygen atoms in total. The first-order valence-electron chi connectivity index (χ1n) is 7.11. The fourth-order valence-corrected chi connectivity index (χ4v) is 4.31. The van der Waals surface area contributed by atoms with Crippen molar-refractivity contribution in [3.63, 3.8) is 0 Å². The highest BCUT2D eigenvalue weighted by molar-refractivity contribution is 9.09. The summed E-state index contributed by atoms with van der Waals surface area (Å²) < 4.78 is 11.0. The topological polar surface area (TPSA) is 61.6 Å². The molecular weight excluding hydrogens is 338 g/mol. The third kappa shape index (κ3) is 2.73. The molecule has 2 rings (SSSR count). The maximum Gasteiger partial charge on any atom is 0.314 e. The van der Waals surface area contributed by atoms with Crippen molar-refractivity contribution >= 4 is 21.6 Å². The molecule has 0 heterocycles. The summed E-state index contributed by atoms with van der Waals surface area (Å²) in [7, 11) is 1.49.